The lowest BCUT2D eigenvalue weighted by atomic mass is 10.1. The van der Waals surface area contributed by atoms with Crippen molar-refractivity contribution in [2.24, 2.45) is 0 Å². The maximum Gasteiger partial charge on any atom is 0.420 e. The fraction of sp³-hybridized carbons (Fsp3) is 0.345. The third-order valence-electron chi connectivity index (χ3n) is 5.99. The van der Waals surface area contributed by atoms with Crippen molar-refractivity contribution < 1.29 is 69.4 Å². The predicted molar refractivity (Wildman–Crippen MR) is 138 cm³/mol. The van der Waals surface area contributed by atoms with E-state index >= 15 is 0 Å². The molecular formula is C29H25F5O10. The molecule has 2 saturated heterocycles. The van der Waals surface area contributed by atoms with E-state index in [-0.39, 0.29) is 48.6 Å². The molecule has 236 valence electrons. The van der Waals surface area contributed by atoms with Gasteiger partial charge in [0.1, 0.15) is 35.0 Å². The summed E-state index contributed by atoms with van der Waals surface area (Å²) in [5, 5.41) is 0. The summed E-state index contributed by atoms with van der Waals surface area (Å²) in [6, 6.07) is 9.25. The first kappa shape index (κ1) is 31.3. The highest BCUT2D eigenvalue weighted by molar-refractivity contribution is 5.91. The van der Waals surface area contributed by atoms with Gasteiger partial charge in [0.05, 0.1) is 32.0 Å². The monoisotopic (exact) mass is 628 g/mol. The zero-order valence-corrected chi connectivity index (χ0v) is 22.8. The van der Waals surface area contributed by atoms with Crippen LogP contribution in [-0.2, 0) is 25.1 Å². The van der Waals surface area contributed by atoms with Crippen LogP contribution < -0.4 is 23.7 Å². The molecule has 15 heteroatoms. The van der Waals surface area contributed by atoms with Crippen molar-refractivity contribution in [1.82, 2.24) is 0 Å². The molecule has 0 spiro atoms. The van der Waals surface area contributed by atoms with Crippen molar-refractivity contribution in [3.8, 4) is 28.7 Å². The second kappa shape index (κ2) is 14.1. The number of rotatable bonds is 16. The molecule has 2 atom stereocenters. The van der Waals surface area contributed by atoms with E-state index in [4.69, 9.17) is 42.6 Å². The third kappa shape index (κ3) is 9.16. The molecular weight excluding hydrogens is 603 g/mol. The van der Waals surface area contributed by atoms with Crippen LogP contribution in [0.2, 0.25) is 0 Å². The number of carbonyl (C=O) groups excluding carboxylic acids is 1. The number of hydrogen-bond donors (Lipinski definition) is 0. The second-order valence-electron chi connectivity index (χ2n) is 9.37. The van der Waals surface area contributed by atoms with Crippen molar-refractivity contribution in [2.45, 2.75) is 18.4 Å². The van der Waals surface area contributed by atoms with Gasteiger partial charge in [-0.05, 0) is 48.5 Å². The second-order valence-corrected chi connectivity index (χ2v) is 9.37. The molecule has 2 heterocycles. The van der Waals surface area contributed by atoms with E-state index in [1.807, 2.05) is 0 Å². The fourth-order valence-electron chi connectivity index (χ4n) is 3.58. The maximum absolute atomic E-state index is 14.4. The van der Waals surface area contributed by atoms with Crippen molar-refractivity contribution >= 4 is 5.97 Å². The standard InChI is InChI=1S/C29H25F5O10/c30-23-7-17(1-4-26(23)41-14-36-10-20-12-38-20)28(35)44-19-3-5-25(22(8-19)29(32,33)34)43-16-40-18-2-6-27(24(31)9-18)42-15-37-11-21-13-39-21/h1-9,20-21H,10-16H2. The lowest BCUT2D eigenvalue weighted by Gasteiger charge is -2.16. The SMILES string of the molecule is O=C(Oc1ccc(OCOc2ccc(OCOCC3CO3)c(F)c2)c(C(F)(F)F)c1)c1ccc(OCOCC2CO2)c(F)c1. The van der Waals surface area contributed by atoms with E-state index in [0.29, 0.717) is 32.5 Å². The van der Waals surface area contributed by atoms with Gasteiger partial charge in [-0.2, -0.15) is 13.2 Å². The normalized spacial score (nSPS) is 17.1. The van der Waals surface area contributed by atoms with Gasteiger partial charge in [-0.25, -0.2) is 13.6 Å². The Morgan fingerprint density at radius 2 is 1.25 bits per heavy atom. The van der Waals surface area contributed by atoms with Crippen LogP contribution in [0.4, 0.5) is 22.0 Å². The average Bonchev–Trinajstić information content (AvgIpc) is 3.91. The van der Waals surface area contributed by atoms with E-state index in [9.17, 15) is 26.7 Å². The Kier molecular flexibility index (Phi) is 9.99. The summed E-state index contributed by atoms with van der Waals surface area (Å²) in [6.07, 6.45) is -4.88. The number of hydrogen-bond acceptors (Lipinski definition) is 10. The van der Waals surface area contributed by atoms with Gasteiger partial charge in [0.25, 0.3) is 0 Å². The molecule has 0 bridgehead atoms. The van der Waals surface area contributed by atoms with E-state index in [1.165, 1.54) is 18.2 Å². The van der Waals surface area contributed by atoms with Gasteiger partial charge in [-0.15, -0.1) is 0 Å². The Hall–Kier alpha value is -4.18. The highest BCUT2D eigenvalue weighted by Gasteiger charge is 2.35. The molecule has 3 aromatic carbocycles. The summed E-state index contributed by atoms with van der Waals surface area (Å²) in [6.45, 7) is 0.651. The predicted octanol–water partition coefficient (Wildman–Crippen LogP) is 5.12. The molecule has 0 aliphatic carbocycles. The highest BCUT2D eigenvalue weighted by atomic mass is 19.4. The van der Waals surface area contributed by atoms with Gasteiger partial charge in [-0.1, -0.05) is 0 Å². The number of halogens is 5. The Morgan fingerprint density at radius 1 is 0.705 bits per heavy atom. The van der Waals surface area contributed by atoms with E-state index in [0.717, 1.165) is 30.3 Å². The Bertz CT molecular complexity index is 1440. The van der Waals surface area contributed by atoms with Crippen LogP contribution in [0.1, 0.15) is 15.9 Å². The van der Waals surface area contributed by atoms with Crippen LogP contribution in [-0.4, -0.2) is 65.0 Å². The molecule has 0 amide bonds. The molecule has 2 aliphatic heterocycles. The lowest BCUT2D eigenvalue weighted by Crippen LogP contribution is -2.14. The zero-order valence-electron chi connectivity index (χ0n) is 22.8. The number of esters is 1. The Balaban J connectivity index is 1.14. The number of ether oxygens (including phenoxy) is 9. The summed E-state index contributed by atoms with van der Waals surface area (Å²) < 4.78 is 116. The minimum atomic E-state index is -4.91. The molecule has 0 radical (unpaired) electrons. The summed E-state index contributed by atoms with van der Waals surface area (Å²) in [7, 11) is 0. The van der Waals surface area contributed by atoms with Gasteiger partial charge in [0.15, 0.2) is 36.7 Å². The van der Waals surface area contributed by atoms with E-state index in [1.54, 1.807) is 0 Å². The molecule has 0 saturated carbocycles. The van der Waals surface area contributed by atoms with Gasteiger partial charge >= 0.3 is 12.1 Å². The van der Waals surface area contributed by atoms with Gasteiger partial charge in [0.2, 0.25) is 6.79 Å². The van der Waals surface area contributed by atoms with Crippen LogP contribution >= 0.6 is 0 Å². The van der Waals surface area contributed by atoms with Crippen LogP contribution in [0.25, 0.3) is 0 Å². The molecule has 44 heavy (non-hydrogen) atoms. The minimum absolute atomic E-state index is 0.00132. The largest absolute Gasteiger partial charge is 0.464 e. The summed E-state index contributed by atoms with van der Waals surface area (Å²) in [4.78, 5) is 12.5. The molecule has 10 nitrogen and oxygen atoms in total. The molecule has 2 fully saturated rings. The molecule has 5 rings (SSSR count). The summed E-state index contributed by atoms with van der Waals surface area (Å²) in [5.74, 6) is -4.26. The van der Waals surface area contributed by atoms with E-state index in [2.05, 4.69) is 0 Å². The van der Waals surface area contributed by atoms with Crippen LogP contribution in [0.15, 0.2) is 54.6 Å². The molecule has 0 N–H and O–H groups in total. The van der Waals surface area contributed by atoms with Crippen molar-refractivity contribution in [3.05, 3.63) is 77.4 Å². The topological polar surface area (TPSA) is 107 Å². The molecule has 2 unspecified atom stereocenters. The molecule has 0 aromatic heterocycles. The first-order chi connectivity index (χ1) is 21.2. The first-order valence-corrected chi connectivity index (χ1v) is 13.1. The smallest absolute Gasteiger partial charge is 0.420 e. The van der Waals surface area contributed by atoms with E-state index < -0.39 is 47.6 Å². The van der Waals surface area contributed by atoms with Crippen molar-refractivity contribution in [3.63, 3.8) is 0 Å². The Labute approximate surface area is 247 Å². The lowest BCUT2D eigenvalue weighted by molar-refractivity contribution is -0.139. The summed E-state index contributed by atoms with van der Waals surface area (Å²) in [5.41, 5.74) is -1.54. The number of alkyl halides is 3. The van der Waals surface area contributed by atoms with Gasteiger partial charge in [0, 0.05) is 6.07 Å². The molecule has 3 aromatic rings. The highest BCUT2D eigenvalue weighted by Crippen LogP contribution is 2.39. The first-order valence-electron chi connectivity index (χ1n) is 13.1. The summed E-state index contributed by atoms with van der Waals surface area (Å²) >= 11 is 0. The number of carbonyl (C=O) groups is 1. The van der Waals surface area contributed by atoms with Crippen molar-refractivity contribution in [2.75, 3.05) is 46.8 Å². The van der Waals surface area contributed by atoms with Crippen LogP contribution in [0, 0.1) is 11.6 Å². The average molecular weight is 628 g/mol. The number of benzene rings is 3. The molecule has 2 aliphatic rings. The van der Waals surface area contributed by atoms with Crippen LogP contribution in [0.5, 0.6) is 28.7 Å². The quantitative estimate of drug-likeness (QED) is 0.0530. The number of epoxide rings is 2. The van der Waals surface area contributed by atoms with Gasteiger partial charge in [-0.3, -0.25) is 0 Å². The minimum Gasteiger partial charge on any atom is -0.464 e. The Morgan fingerprint density at radius 3 is 1.82 bits per heavy atom. The maximum atomic E-state index is 14.4. The third-order valence-corrected chi connectivity index (χ3v) is 5.99. The van der Waals surface area contributed by atoms with Crippen molar-refractivity contribution in [1.29, 1.82) is 0 Å². The van der Waals surface area contributed by atoms with Crippen LogP contribution in [0.3, 0.4) is 0 Å². The fourth-order valence-corrected chi connectivity index (χ4v) is 3.58. The van der Waals surface area contributed by atoms with Gasteiger partial charge < -0.3 is 42.6 Å². The zero-order chi connectivity index (χ0) is 31.1.